The Morgan fingerprint density at radius 2 is 1.41 bits per heavy atom. The van der Waals surface area contributed by atoms with Crippen molar-refractivity contribution >= 4 is 0 Å². The third-order valence-electron chi connectivity index (χ3n) is 3.44. The number of aliphatic hydroxyl groups excluding tert-OH is 3. The van der Waals surface area contributed by atoms with E-state index in [0.29, 0.717) is 19.3 Å². The zero-order valence-electron chi connectivity index (χ0n) is 10.8. The summed E-state index contributed by atoms with van der Waals surface area (Å²) >= 11 is 0. The number of rotatable bonds is 9. The lowest BCUT2D eigenvalue weighted by Crippen LogP contribution is -2.38. The molecule has 0 saturated carbocycles. The van der Waals surface area contributed by atoms with Crippen LogP contribution >= 0.6 is 0 Å². The molecule has 0 radical (unpaired) electrons. The highest BCUT2D eigenvalue weighted by Crippen LogP contribution is 2.31. The van der Waals surface area contributed by atoms with Gasteiger partial charge in [-0.3, -0.25) is 0 Å². The van der Waals surface area contributed by atoms with Crippen LogP contribution in [-0.4, -0.2) is 51.1 Å². The van der Waals surface area contributed by atoms with Crippen LogP contribution in [0, 0.1) is 11.3 Å². The molecule has 0 fully saturated rings. The van der Waals surface area contributed by atoms with Crippen molar-refractivity contribution in [2.75, 3.05) is 19.8 Å². The predicted octanol–water partition coefficient (Wildman–Crippen LogP) is -0.153. The van der Waals surface area contributed by atoms with E-state index in [1.54, 1.807) is 0 Å². The van der Waals surface area contributed by atoms with Crippen molar-refractivity contribution in [3.05, 3.63) is 0 Å². The Balaban J connectivity index is 4.47. The van der Waals surface area contributed by atoms with Crippen molar-refractivity contribution in [3.8, 4) is 0 Å². The first-order valence-corrected chi connectivity index (χ1v) is 6.12. The highest BCUT2D eigenvalue weighted by Gasteiger charge is 2.33. The molecular formula is C12H26O5. The van der Waals surface area contributed by atoms with Gasteiger partial charge in [-0.1, -0.05) is 13.3 Å². The summed E-state index contributed by atoms with van der Waals surface area (Å²) in [4.78, 5) is 0. The molecule has 0 rings (SSSR count). The fourth-order valence-corrected chi connectivity index (χ4v) is 1.91. The second kappa shape index (κ2) is 7.28. The van der Waals surface area contributed by atoms with Gasteiger partial charge in [0.05, 0.1) is 19.8 Å². The normalized spacial score (nSPS) is 15.0. The summed E-state index contributed by atoms with van der Waals surface area (Å²) in [5, 5.41) is 46.7. The summed E-state index contributed by atoms with van der Waals surface area (Å²) in [7, 11) is 0. The third-order valence-corrected chi connectivity index (χ3v) is 3.44. The lowest BCUT2D eigenvalue weighted by Gasteiger charge is -2.33. The fourth-order valence-electron chi connectivity index (χ4n) is 1.91. The molecule has 1 unspecified atom stereocenters. The molecule has 0 aromatic heterocycles. The maximum Gasteiger partial charge on any atom is 0.162 e. The van der Waals surface area contributed by atoms with E-state index < -0.39 is 11.2 Å². The minimum Gasteiger partial charge on any atom is -0.396 e. The van der Waals surface area contributed by atoms with Crippen LogP contribution < -0.4 is 0 Å². The van der Waals surface area contributed by atoms with E-state index in [2.05, 4.69) is 0 Å². The highest BCUT2D eigenvalue weighted by atomic mass is 16.5. The molecule has 5 N–H and O–H groups in total. The Morgan fingerprint density at radius 1 is 0.941 bits per heavy atom. The Kier molecular flexibility index (Phi) is 7.20. The van der Waals surface area contributed by atoms with Crippen molar-refractivity contribution < 1.29 is 25.5 Å². The van der Waals surface area contributed by atoms with Crippen LogP contribution in [0.3, 0.4) is 0 Å². The number of hydrogen-bond donors (Lipinski definition) is 5. The Labute approximate surface area is 103 Å². The second-order valence-electron chi connectivity index (χ2n) is 5.09. The van der Waals surface area contributed by atoms with Gasteiger partial charge in [0.1, 0.15) is 0 Å². The molecule has 0 saturated heterocycles. The number of aliphatic hydroxyl groups is 5. The smallest absolute Gasteiger partial charge is 0.162 e. The molecule has 0 amide bonds. The zero-order chi connectivity index (χ0) is 13.5. The van der Waals surface area contributed by atoms with Gasteiger partial charge in [-0.25, -0.2) is 0 Å². The van der Waals surface area contributed by atoms with Crippen LogP contribution in [0.5, 0.6) is 0 Å². The van der Waals surface area contributed by atoms with E-state index in [0.717, 1.165) is 6.42 Å². The minimum absolute atomic E-state index is 0.313. The van der Waals surface area contributed by atoms with Crippen LogP contribution in [0.1, 0.15) is 39.5 Å². The molecule has 0 spiro atoms. The van der Waals surface area contributed by atoms with Gasteiger partial charge >= 0.3 is 0 Å². The summed E-state index contributed by atoms with van der Waals surface area (Å²) in [6, 6.07) is 0. The molecule has 5 heteroatoms. The summed E-state index contributed by atoms with van der Waals surface area (Å²) in [5.41, 5.74) is -0.933. The monoisotopic (exact) mass is 250 g/mol. The summed E-state index contributed by atoms with van der Waals surface area (Å²) in [5.74, 6) is -2.08. The van der Waals surface area contributed by atoms with Crippen molar-refractivity contribution in [1.82, 2.24) is 0 Å². The van der Waals surface area contributed by atoms with E-state index in [1.807, 2.05) is 6.92 Å². The highest BCUT2D eigenvalue weighted by molar-refractivity contribution is 4.81. The minimum atomic E-state index is -1.76. The molecule has 0 aliphatic heterocycles. The molecule has 0 aliphatic carbocycles. The standard InChI is InChI=1S/C12H26O5/c1-3-4-10(11(2,16)17)5-6-12(7-13,8-14)9-15/h10,13-17H,3-9H2,1-2H3. The Hall–Kier alpha value is -0.200. The molecule has 5 nitrogen and oxygen atoms in total. The first kappa shape index (κ1) is 16.8. The molecule has 0 heterocycles. The quantitative estimate of drug-likeness (QED) is 0.366. The fraction of sp³-hybridized carbons (Fsp3) is 1.00. The van der Waals surface area contributed by atoms with E-state index >= 15 is 0 Å². The van der Waals surface area contributed by atoms with Crippen LogP contribution in [0.15, 0.2) is 0 Å². The first-order valence-electron chi connectivity index (χ1n) is 6.12. The summed E-state index contributed by atoms with van der Waals surface area (Å²) in [6.45, 7) is 2.35. The summed E-state index contributed by atoms with van der Waals surface area (Å²) < 4.78 is 0. The summed E-state index contributed by atoms with van der Waals surface area (Å²) in [6.07, 6.45) is 2.28. The predicted molar refractivity (Wildman–Crippen MR) is 64.2 cm³/mol. The van der Waals surface area contributed by atoms with Gasteiger partial charge in [0, 0.05) is 11.3 Å². The van der Waals surface area contributed by atoms with Crippen LogP contribution in [0.2, 0.25) is 0 Å². The second-order valence-corrected chi connectivity index (χ2v) is 5.09. The molecule has 1 atom stereocenters. The van der Waals surface area contributed by atoms with Gasteiger partial charge < -0.3 is 25.5 Å². The first-order chi connectivity index (χ1) is 7.85. The van der Waals surface area contributed by atoms with Crippen LogP contribution in [0.4, 0.5) is 0 Å². The number of hydrogen-bond acceptors (Lipinski definition) is 5. The lowest BCUT2D eigenvalue weighted by atomic mass is 9.80. The van der Waals surface area contributed by atoms with Crippen LogP contribution in [0.25, 0.3) is 0 Å². The average molecular weight is 250 g/mol. The largest absolute Gasteiger partial charge is 0.396 e. The molecule has 0 bridgehead atoms. The Bertz CT molecular complexity index is 187. The van der Waals surface area contributed by atoms with Gasteiger partial charge in [0.2, 0.25) is 0 Å². The van der Waals surface area contributed by atoms with Crippen molar-refractivity contribution in [3.63, 3.8) is 0 Å². The van der Waals surface area contributed by atoms with Crippen molar-refractivity contribution in [2.45, 2.75) is 45.3 Å². The van der Waals surface area contributed by atoms with Crippen molar-refractivity contribution in [1.29, 1.82) is 0 Å². The van der Waals surface area contributed by atoms with Crippen LogP contribution in [-0.2, 0) is 0 Å². The lowest BCUT2D eigenvalue weighted by molar-refractivity contribution is -0.191. The van der Waals surface area contributed by atoms with E-state index in [9.17, 15) is 25.5 Å². The molecule has 0 aromatic rings. The maximum atomic E-state index is 9.59. The third kappa shape index (κ3) is 5.31. The zero-order valence-corrected chi connectivity index (χ0v) is 10.8. The van der Waals surface area contributed by atoms with Gasteiger partial charge in [0.15, 0.2) is 5.79 Å². The molecule has 17 heavy (non-hydrogen) atoms. The molecular weight excluding hydrogens is 224 g/mol. The maximum absolute atomic E-state index is 9.59. The average Bonchev–Trinajstić information content (AvgIpc) is 2.28. The van der Waals surface area contributed by atoms with Crippen molar-refractivity contribution in [2.24, 2.45) is 11.3 Å². The molecule has 104 valence electrons. The van der Waals surface area contributed by atoms with Gasteiger partial charge in [-0.2, -0.15) is 0 Å². The van der Waals surface area contributed by atoms with E-state index in [4.69, 9.17) is 0 Å². The van der Waals surface area contributed by atoms with Gasteiger partial charge in [0.25, 0.3) is 0 Å². The Morgan fingerprint density at radius 3 is 1.71 bits per heavy atom. The topological polar surface area (TPSA) is 101 Å². The van der Waals surface area contributed by atoms with E-state index in [-0.39, 0.29) is 25.7 Å². The van der Waals surface area contributed by atoms with Gasteiger partial charge in [-0.15, -0.1) is 0 Å². The SMILES string of the molecule is CCCC(CCC(CO)(CO)CO)C(C)(O)O. The molecule has 0 aromatic carbocycles. The van der Waals surface area contributed by atoms with Gasteiger partial charge in [-0.05, 0) is 26.2 Å². The molecule has 0 aliphatic rings. The van der Waals surface area contributed by atoms with E-state index in [1.165, 1.54) is 6.92 Å².